The lowest BCUT2D eigenvalue weighted by Gasteiger charge is -1.94. The SMILES string of the molecule is OP(O)C/C=C/c1ccccc1. The maximum absolute atomic E-state index is 8.60. The summed E-state index contributed by atoms with van der Waals surface area (Å²) in [5.74, 6) is 0. The normalized spacial score (nSPS) is 11.2. The monoisotopic (exact) mass is 182 g/mol. The van der Waals surface area contributed by atoms with Crippen molar-refractivity contribution in [2.24, 2.45) is 0 Å². The van der Waals surface area contributed by atoms with E-state index in [-0.39, 0.29) is 0 Å². The molecule has 0 aliphatic carbocycles. The first-order valence-corrected chi connectivity index (χ1v) is 5.09. The standard InChI is InChI=1S/C9H11O2P/c10-12(11)8-4-7-9-5-2-1-3-6-9/h1-7,10-11H,8H2/b7-4+. The Bertz CT molecular complexity index is 244. The number of allylic oxidation sites excluding steroid dienone is 1. The van der Waals surface area contributed by atoms with Crippen LogP contribution in [-0.2, 0) is 0 Å². The summed E-state index contributed by atoms with van der Waals surface area (Å²) in [7, 11) is -1.78. The van der Waals surface area contributed by atoms with E-state index in [2.05, 4.69) is 0 Å². The molecule has 64 valence electrons. The highest BCUT2D eigenvalue weighted by atomic mass is 31.2. The Labute approximate surface area is 73.1 Å². The molecule has 0 amide bonds. The van der Waals surface area contributed by atoms with Crippen LogP contribution in [0.1, 0.15) is 5.56 Å². The molecule has 12 heavy (non-hydrogen) atoms. The molecule has 3 heteroatoms. The maximum Gasteiger partial charge on any atom is 0.168 e. The first kappa shape index (κ1) is 9.40. The summed E-state index contributed by atoms with van der Waals surface area (Å²) in [6, 6.07) is 9.77. The number of hydrogen-bond donors (Lipinski definition) is 2. The Morgan fingerprint density at radius 1 is 1.17 bits per heavy atom. The molecule has 1 aromatic rings. The van der Waals surface area contributed by atoms with Crippen molar-refractivity contribution in [2.45, 2.75) is 0 Å². The van der Waals surface area contributed by atoms with Gasteiger partial charge in [-0.3, -0.25) is 0 Å². The van der Waals surface area contributed by atoms with E-state index in [1.807, 2.05) is 36.4 Å². The van der Waals surface area contributed by atoms with Crippen molar-refractivity contribution in [1.82, 2.24) is 0 Å². The zero-order valence-corrected chi connectivity index (χ0v) is 7.48. The molecule has 0 fully saturated rings. The van der Waals surface area contributed by atoms with Gasteiger partial charge in [-0.25, -0.2) is 0 Å². The number of hydrogen-bond acceptors (Lipinski definition) is 2. The highest BCUT2D eigenvalue weighted by Gasteiger charge is 1.91. The molecule has 2 nitrogen and oxygen atoms in total. The Kier molecular flexibility index (Phi) is 3.95. The van der Waals surface area contributed by atoms with E-state index in [4.69, 9.17) is 9.79 Å². The van der Waals surface area contributed by atoms with Crippen LogP contribution in [0.2, 0.25) is 0 Å². The third kappa shape index (κ3) is 3.63. The lowest BCUT2D eigenvalue weighted by Crippen LogP contribution is -1.75. The Balaban J connectivity index is 2.47. The smallest absolute Gasteiger partial charge is 0.168 e. The van der Waals surface area contributed by atoms with Gasteiger partial charge >= 0.3 is 0 Å². The predicted octanol–water partition coefficient (Wildman–Crippen LogP) is 2.00. The molecule has 0 unspecified atom stereocenters. The summed E-state index contributed by atoms with van der Waals surface area (Å²) in [5, 5.41) is 0. The van der Waals surface area contributed by atoms with Crippen molar-refractivity contribution < 1.29 is 9.79 Å². The average Bonchev–Trinajstić information content (AvgIpc) is 2.05. The van der Waals surface area contributed by atoms with Crippen molar-refractivity contribution >= 4 is 14.5 Å². The van der Waals surface area contributed by atoms with Crippen LogP contribution in [0.15, 0.2) is 36.4 Å². The van der Waals surface area contributed by atoms with Gasteiger partial charge in [-0.1, -0.05) is 42.5 Å². The van der Waals surface area contributed by atoms with E-state index >= 15 is 0 Å². The first-order valence-electron chi connectivity index (χ1n) is 3.66. The highest BCUT2D eigenvalue weighted by molar-refractivity contribution is 7.45. The fourth-order valence-electron chi connectivity index (χ4n) is 0.847. The molecule has 0 atom stereocenters. The van der Waals surface area contributed by atoms with Crippen LogP contribution in [-0.4, -0.2) is 15.9 Å². The van der Waals surface area contributed by atoms with Gasteiger partial charge in [-0.05, 0) is 5.56 Å². The summed E-state index contributed by atoms with van der Waals surface area (Å²) in [4.78, 5) is 17.2. The number of benzene rings is 1. The topological polar surface area (TPSA) is 40.5 Å². The molecule has 0 aliphatic heterocycles. The van der Waals surface area contributed by atoms with E-state index < -0.39 is 8.38 Å². The second kappa shape index (κ2) is 5.04. The summed E-state index contributed by atoms with van der Waals surface area (Å²) in [5.41, 5.74) is 1.08. The van der Waals surface area contributed by atoms with Gasteiger partial charge in [0.25, 0.3) is 0 Å². The van der Waals surface area contributed by atoms with Crippen LogP contribution >= 0.6 is 8.38 Å². The highest BCUT2D eigenvalue weighted by Crippen LogP contribution is 2.22. The molecule has 0 saturated heterocycles. The molecular weight excluding hydrogens is 171 g/mol. The quantitative estimate of drug-likeness (QED) is 0.702. The second-order valence-corrected chi connectivity index (χ2v) is 3.48. The Morgan fingerprint density at radius 3 is 2.42 bits per heavy atom. The van der Waals surface area contributed by atoms with E-state index in [1.165, 1.54) is 0 Å². The number of rotatable bonds is 3. The van der Waals surface area contributed by atoms with Gasteiger partial charge in [-0.15, -0.1) is 0 Å². The lowest BCUT2D eigenvalue weighted by molar-refractivity contribution is 0.487. The van der Waals surface area contributed by atoms with Crippen molar-refractivity contribution in [3.8, 4) is 0 Å². The molecule has 0 radical (unpaired) electrons. The maximum atomic E-state index is 8.60. The average molecular weight is 182 g/mol. The lowest BCUT2D eigenvalue weighted by atomic mass is 10.2. The minimum Gasteiger partial charge on any atom is -0.350 e. The molecule has 0 aliphatic rings. The molecule has 0 spiro atoms. The van der Waals surface area contributed by atoms with Crippen LogP contribution in [0.4, 0.5) is 0 Å². The van der Waals surface area contributed by atoms with E-state index in [9.17, 15) is 0 Å². The summed E-state index contributed by atoms with van der Waals surface area (Å²) >= 11 is 0. The Morgan fingerprint density at radius 2 is 1.83 bits per heavy atom. The van der Waals surface area contributed by atoms with Crippen LogP contribution < -0.4 is 0 Å². The fourth-order valence-corrected chi connectivity index (χ4v) is 1.14. The fraction of sp³-hybridized carbons (Fsp3) is 0.111. The van der Waals surface area contributed by atoms with E-state index in [0.717, 1.165) is 5.56 Å². The van der Waals surface area contributed by atoms with E-state index in [1.54, 1.807) is 6.08 Å². The van der Waals surface area contributed by atoms with Gasteiger partial charge in [-0.2, -0.15) is 0 Å². The van der Waals surface area contributed by atoms with Crippen molar-refractivity contribution in [3.05, 3.63) is 42.0 Å². The third-order valence-corrected chi connectivity index (χ3v) is 1.92. The molecule has 2 N–H and O–H groups in total. The first-order chi connectivity index (χ1) is 5.79. The Hall–Kier alpha value is -0.690. The molecule has 0 bridgehead atoms. The van der Waals surface area contributed by atoms with Crippen molar-refractivity contribution in [1.29, 1.82) is 0 Å². The minimum absolute atomic E-state index is 0.338. The van der Waals surface area contributed by atoms with Gasteiger partial charge in [0.15, 0.2) is 8.38 Å². The molecule has 1 rings (SSSR count). The van der Waals surface area contributed by atoms with E-state index in [0.29, 0.717) is 6.16 Å². The summed E-state index contributed by atoms with van der Waals surface area (Å²) < 4.78 is 0. The molecule has 0 aromatic heterocycles. The summed E-state index contributed by atoms with van der Waals surface area (Å²) in [6.45, 7) is 0. The van der Waals surface area contributed by atoms with Gasteiger partial charge in [0.2, 0.25) is 0 Å². The predicted molar refractivity (Wildman–Crippen MR) is 51.7 cm³/mol. The largest absolute Gasteiger partial charge is 0.350 e. The zero-order valence-electron chi connectivity index (χ0n) is 6.59. The second-order valence-electron chi connectivity index (χ2n) is 2.37. The molecule has 1 aromatic carbocycles. The van der Waals surface area contributed by atoms with Crippen LogP contribution in [0.3, 0.4) is 0 Å². The minimum atomic E-state index is -1.78. The van der Waals surface area contributed by atoms with Gasteiger partial charge in [0.05, 0.1) is 0 Å². The van der Waals surface area contributed by atoms with Gasteiger partial charge < -0.3 is 9.79 Å². The van der Waals surface area contributed by atoms with Gasteiger partial charge in [0, 0.05) is 6.16 Å². The van der Waals surface area contributed by atoms with Crippen LogP contribution in [0.25, 0.3) is 6.08 Å². The van der Waals surface area contributed by atoms with Crippen LogP contribution in [0, 0.1) is 0 Å². The molecule has 0 heterocycles. The molecule has 0 saturated carbocycles. The van der Waals surface area contributed by atoms with Crippen molar-refractivity contribution in [3.63, 3.8) is 0 Å². The van der Waals surface area contributed by atoms with Crippen molar-refractivity contribution in [2.75, 3.05) is 6.16 Å². The van der Waals surface area contributed by atoms with Gasteiger partial charge in [0.1, 0.15) is 0 Å². The third-order valence-electron chi connectivity index (χ3n) is 1.38. The zero-order chi connectivity index (χ0) is 8.81. The summed E-state index contributed by atoms with van der Waals surface area (Å²) in [6.07, 6.45) is 3.98. The van der Waals surface area contributed by atoms with Crippen LogP contribution in [0.5, 0.6) is 0 Å². The molecular formula is C9H11O2P.